The Morgan fingerprint density at radius 2 is 2.12 bits per heavy atom. The summed E-state index contributed by atoms with van der Waals surface area (Å²) in [5.41, 5.74) is 0.620. The Morgan fingerprint density at radius 3 is 2.69 bits per heavy atom. The Bertz CT molecular complexity index is 404. The van der Waals surface area contributed by atoms with Gasteiger partial charge in [0.25, 0.3) is 0 Å². The summed E-state index contributed by atoms with van der Waals surface area (Å²) in [5, 5.41) is 9.89. The average Bonchev–Trinajstić information content (AvgIpc) is 2.22. The van der Waals surface area contributed by atoms with E-state index < -0.39 is 5.92 Å². The van der Waals surface area contributed by atoms with Crippen molar-refractivity contribution in [3.05, 3.63) is 24.8 Å². The topological polar surface area (TPSA) is 46.5 Å². The molecule has 5 heteroatoms. The van der Waals surface area contributed by atoms with Crippen LogP contribution in [-0.2, 0) is 9.53 Å². The highest BCUT2D eigenvalue weighted by Gasteiger charge is 2.21. The van der Waals surface area contributed by atoms with Crippen LogP contribution in [0.2, 0.25) is 0 Å². The van der Waals surface area contributed by atoms with Gasteiger partial charge < -0.3 is 9.84 Å². The second-order valence-electron chi connectivity index (χ2n) is 3.30. The molecule has 1 aromatic rings. The monoisotopic (exact) mass is 446 g/mol. The minimum atomic E-state index is -0.441. The summed E-state index contributed by atoms with van der Waals surface area (Å²) in [6.45, 7) is 3.85. The fraction of sp³-hybridized carbons (Fsp3) is 0.364. The van der Waals surface area contributed by atoms with Gasteiger partial charge in [0.15, 0.2) is 0 Å². The molecule has 1 aromatic carbocycles. The molecule has 0 radical (unpaired) electrons. The zero-order valence-electron chi connectivity index (χ0n) is 8.96. The summed E-state index contributed by atoms with van der Waals surface area (Å²) in [5.74, 6) is -0.583. The molecule has 0 saturated carbocycles. The molecule has 0 aliphatic rings. The molecule has 0 fully saturated rings. The highest BCUT2D eigenvalue weighted by molar-refractivity contribution is 14.1. The van der Waals surface area contributed by atoms with Gasteiger partial charge in [-0.05, 0) is 71.2 Å². The summed E-state index contributed by atoms with van der Waals surface area (Å²) in [7, 11) is 0. The van der Waals surface area contributed by atoms with Crippen LogP contribution >= 0.6 is 45.2 Å². The zero-order chi connectivity index (χ0) is 12.3. The highest BCUT2D eigenvalue weighted by Crippen LogP contribution is 2.32. The molecule has 0 bridgehead atoms. The summed E-state index contributed by atoms with van der Waals surface area (Å²) < 4.78 is 6.68. The van der Waals surface area contributed by atoms with Gasteiger partial charge in [0.05, 0.1) is 16.1 Å². The van der Waals surface area contributed by atoms with Crippen molar-refractivity contribution in [2.75, 3.05) is 6.61 Å². The van der Waals surface area contributed by atoms with Gasteiger partial charge in [0.1, 0.15) is 5.75 Å². The third-order valence-electron chi connectivity index (χ3n) is 2.16. The van der Waals surface area contributed by atoms with Crippen LogP contribution in [0.1, 0.15) is 25.3 Å². The van der Waals surface area contributed by atoms with Gasteiger partial charge in [0, 0.05) is 9.13 Å². The van der Waals surface area contributed by atoms with E-state index in [9.17, 15) is 9.90 Å². The number of halogens is 2. The van der Waals surface area contributed by atoms with E-state index in [1.165, 1.54) is 0 Å². The Balaban J connectivity index is 3.08. The molecule has 0 spiro atoms. The van der Waals surface area contributed by atoms with Crippen molar-refractivity contribution >= 4 is 51.2 Å². The number of aromatic hydroxyl groups is 1. The highest BCUT2D eigenvalue weighted by atomic mass is 127. The summed E-state index contributed by atoms with van der Waals surface area (Å²) in [6, 6.07) is 3.66. The normalized spacial score (nSPS) is 12.2. The minimum absolute atomic E-state index is 0.168. The van der Waals surface area contributed by atoms with E-state index >= 15 is 0 Å². The van der Waals surface area contributed by atoms with Gasteiger partial charge >= 0.3 is 5.97 Å². The molecule has 0 unspecified atom stereocenters. The third-order valence-corrected chi connectivity index (χ3v) is 3.61. The largest absolute Gasteiger partial charge is 0.507 e. The van der Waals surface area contributed by atoms with Gasteiger partial charge in [-0.25, -0.2) is 0 Å². The molecule has 88 valence electrons. The Kier molecular flexibility index (Phi) is 5.29. The lowest BCUT2D eigenvalue weighted by molar-refractivity contribution is -0.144. The molecule has 1 atom stereocenters. The number of esters is 1. The standard InChI is InChI=1S/C11H12I2O3/c1-3-16-11(15)6(2)8-4-7(12)5-9(13)10(8)14/h4-6,14H,3H2,1-2H3/t6-/m0/s1. The Hall–Kier alpha value is -0.0500. The zero-order valence-corrected chi connectivity index (χ0v) is 13.3. The van der Waals surface area contributed by atoms with E-state index in [-0.39, 0.29) is 11.7 Å². The fourth-order valence-corrected chi connectivity index (χ4v) is 3.20. The van der Waals surface area contributed by atoms with E-state index in [0.717, 1.165) is 7.14 Å². The molecule has 3 nitrogen and oxygen atoms in total. The van der Waals surface area contributed by atoms with Crippen LogP contribution in [0.3, 0.4) is 0 Å². The first-order valence-electron chi connectivity index (χ1n) is 4.82. The van der Waals surface area contributed by atoms with Crippen LogP contribution in [0.15, 0.2) is 12.1 Å². The number of benzene rings is 1. The Labute approximate surface area is 122 Å². The molecule has 0 heterocycles. The number of carbonyl (C=O) groups excluding carboxylic acids is 1. The molecule has 0 aliphatic carbocycles. The van der Waals surface area contributed by atoms with Gasteiger partial charge in [-0.1, -0.05) is 0 Å². The van der Waals surface area contributed by atoms with Crippen molar-refractivity contribution in [2.24, 2.45) is 0 Å². The quantitative estimate of drug-likeness (QED) is 0.573. The van der Waals surface area contributed by atoms with Crippen LogP contribution in [0, 0.1) is 7.14 Å². The Morgan fingerprint density at radius 1 is 1.50 bits per heavy atom. The molecular formula is C11H12I2O3. The van der Waals surface area contributed by atoms with Crippen molar-refractivity contribution in [1.82, 2.24) is 0 Å². The number of hydrogen-bond donors (Lipinski definition) is 1. The maximum absolute atomic E-state index is 11.6. The summed E-state index contributed by atoms with van der Waals surface area (Å²) in [4.78, 5) is 11.6. The van der Waals surface area contributed by atoms with E-state index in [1.807, 2.05) is 28.7 Å². The lowest BCUT2D eigenvalue weighted by atomic mass is 10.0. The maximum atomic E-state index is 11.6. The molecule has 0 saturated heterocycles. The maximum Gasteiger partial charge on any atom is 0.313 e. The van der Waals surface area contributed by atoms with Crippen molar-refractivity contribution in [2.45, 2.75) is 19.8 Å². The first-order valence-corrected chi connectivity index (χ1v) is 6.97. The minimum Gasteiger partial charge on any atom is -0.507 e. The van der Waals surface area contributed by atoms with Crippen LogP contribution in [0.4, 0.5) is 0 Å². The first kappa shape index (κ1) is 14.0. The predicted octanol–water partition coefficient (Wildman–Crippen LogP) is 3.27. The molecule has 16 heavy (non-hydrogen) atoms. The van der Waals surface area contributed by atoms with Crippen molar-refractivity contribution < 1.29 is 14.6 Å². The SMILES string of the molecule is CCOC(=O)[C@@H](C)c1cc(I)cc(I)c1O. The van der Waals surface area contributed by atoms with Crippen LogP contribution in [-0.4, -0.2) is 17.7 Å². The average molecular weight is 446 g/mol. The van der Waals surface area contributed by atoms with Crippen LogP contribution in [0.25, 0.3) is 0 Å². The van der Waals surface area contributed by atoms with Gasteiger partial charge in [-0.3, -0.25) is 4.79 Å². The van der Waals surface area contributed by atoms with Gasteiger partial charge in [-0.2, -0.15) is 0 Å². The second kappa shape index (κ2) is 6.04. The van der Waals surface area contributed by atoms with Crippen molar-refractivity contribution in [3.8, 4) is 5.75 Å². The molecule has 0 amide bonds. The van der Waals surface area contributed by atoms with Crippen molar-refractivity contribution in [1.29, 1.82) is 0 Å². The van der Waals surface area contributed by atoms with E-state index in [1.54, 1.807) is 19.9 Å². The predicted molar refractivity (Wildman–Crippen MR) is 78.6 cm³/mol. The summed E-state index contributed by atoms with van der Waals surface area (Å²) in [6.07, 6.45) is 0. The molecule has 1 rings (SSSR count). The summed E-state index contributed by atoms with van der Waals surface area (Å²) >= 11 is 4.20. The van der Waals surface area contributed by atoms with E-state index in [2.05, 4.69) is 22.6 Å². The lowest BCUT2D eigenvalue weighted by Gasteiger charge is -2.13. The third kappa shape index (κ3) is 3.22. The number of ether oxygens (including phenoxy) is 1. The van der Waals surface area contributed by atoms with Crippen LogP contribution in [0.5, 0.6) is 5.75 Å². The number of phenolic OH excluding ortho intramolecular Hbond substituents is 1. The molecule has 1 N–H and O–H groups in total. The number of carbonyl (C=O) groups is 1. The number of rotatable bonds is 3. The number of phenols is 1. The van der Waals surface area contributed by atoms with Crippen LogP contribution < -0.4 is 0 Å². The van der Waals surface area contributed by atoms with Crippen molar-refractivity contribution in [3.63, 3.8) is 0 Å². The molecular weight excluding hydrogens is 434 g/mol. The number of hydrogen-bond acceptors (Lipinski definition) is 3. The molecule has 0 aliphatic heterocycles. The first-order chi connectivity index (χ1) is 7.47. The molecule has 0 aromatic heterocycles. The van der Waals surface area contributed by atoms with E-state index in [4.69, 9.17) is 4.74 Å². The lowest BCUT2D eigenvalue weighted by Crippen LogP contribution is -2.13. The van der Waals surface area contributed by atoms with Gasteiger partial charge in [-0.15, -0.1) is 0 Å². The second-order valence-corrected chi connectivity index (χ2v) is 5.71. The van der Waals surface area contributed by atoms with Gasteiger partial charge in [0.2, 0.25) is 0 Å². The van der Waals surface area contributed by atoms with E-state index in [0.29, 0.717) is 12.2 Å². The fourth-order valence-electron chi connectivity index (χ4n) is 1.31. The smallest absolute Gasteiger partial charge is 0.313 e.